The molecule has 1 saturated carbocycles. The number of aliphatic hydroxyl groups is 1. The van der Waals surface area contributed by atoms with Crippen LogP contribution in [0.1, 0.15) is 12.8 Å². The van der Waals surface area contributed by atoms with Crippen LogP contribution in [0.5, 0.6) is 0 Å². The second-order valence-electron chi connectivity index (χ2n) is 3.80. The highest BCUT2D eigenvalue weighted by Gasteiger charge is 2.42. The summed E-state index contributed by atoms with van der Waals surface area (Å²) in [5, 5.41) is 12.4. The van der Waals surface area contributed by atoms with Crippen molar-refractivity contribution in [2.75, 3.05) is 17.7 Å². The van der Waals surface area contributed by atoms with E-state index >= 15 is 0 Å². The van der Waals surface area contributed by atoms with E-state index in [1.807, 2.05) is 18.2 Å². The Balaban J connectivity index is 2.20. The molecular weight excluding hydrogens is 244 g/mol. The van der Waals surface area contributed by atoms with E-state index in [0.29, 0.717) is 5.69 Å². The van der Waals surface area contributed by atoms with E-state index in [4.69, 9.17) is 10.8 Å². The van der Waals surface area contributed by atoms with Crippen molar-refractivity contribution in [2.24, 2.45) is 0 Å². The zero-order valence-corrected chi connectivity index (χ0v) is 9.34. The summed E-state index contributed by atoms with van der Waals surface area (Å²) in [5.74, 6) is 0. The number of nitrogens with one attached hydrogen (secondary N) is 1. The van der Waals surface area contributed by atoms with Gasteiger partial charge < -0.3 is 16.2 Å². The highest BCUT2D eigenvalue weighted by Crippen LogP contribution is 2.40. The fourth-order valence-electron chi connectivity index (χ4n) is 1.40. The number of halogens is 1. The van der Waals surface area contributed by atoms with Gasteiger partial charge in [-0.3, -0.25) is 0 Å². The topological polar surface area (TPSA) is 58.3 Å². The summed E-state index contributed by atoms with van der Waals surface area (Å²) in [6.45, 7) is 0.166. The summed E-state index contributed by atoms with van der Waals surface area (Å²) in [6.07, 6.45) is 2.02. The van der Waals surface area contributed by atoms with Gasteiger partial charge in [0.15, 0.2) is 0 Å². The first kappa shape index (κ1) is 9.80. The molecule has 2 rings (SSSR count). The summed E-state index contributed by atoms with van der Waals surface area (Å²) >= 11 is 3.39. The van der Waals surface area contributed by atoms with E-state index in [1.165, 1.54) is 0 Å². The Kier molecular flexibility index (Phi) is 2.41. The van der Waals surface area contributed by atoms with Crippen molar-refractivity contribution in [1.82, 2.24) is 0 Å². The molecule has 0 amide bonds. The van der Waals surface area contributed by atoms with Crippen molar-refractivity contribution in [2.45, 2.75) is 18.4 Å². The molecule has 0 radical (unpaired) electrons. The molecule has 1 aromatic carbocycles. The van der Waals surface area contributed by atoms with E-state index in [9.17, 15) is 0 Å². The smallest absolute Gasteiger partial charge is 0.0661 e. The van der Waals surface area contributed by atoms with E-state index in [1.54, 1.807) is 0 Å². The van der Waals surface area contributed by atoms with Gasteiger partial charge in [0.1, 0.15) is 0 Å². The number of benzene rings is 1. The molecule has 14 heavy (non-hydrogen) atoms. The predicted octanol–water partition coefficient (Wildman–Crippen LogP) is 1.97. The highest BCUT2D eigenvalue weighted by atomic mass is 79.9. The van der Waals surface area contributed by atoms with Crippen LogP contribution in [0.2, 0.25) is 0 Å². The lowest BCUT2D eigenvalue weighted by atomic mass is 10.2. The molecule has 76 valence electrons. The molecule has 1 aromatic rings. The number of rotatable bonds is 3. The summed E-state index contributed by atoms with van der Waals surface area (Å²) in [5.41, 5.74) is 7.31. The number of hydrogen-bond donors (Lipinski definition) is 3. The molecule has 0 aliphatic heterocycles. The van der Waals surface area contributed by atoms with E-state index < -0.39 is 0 Å². The number of anilines is 2. The lowest BCUT2D eigenvalue weighted by Crippen LogP contribution is -2.26. The van der Waals surface area contributed by atoms with Gasteiger partial charge in [0.25, 0.3) is 0 Å². The van der Waals surface area contributed by atoms with Crippen LogP contribution in [0.3, 0.4) is 0 Å². The van der Waals surface area contributed by atoms with Crippen LogP contribution in [-0.2, 0) is 0 Å². The van der Waals surface area contributed by atoms with Crippen LogP contribution < -0.4 is 11.1 Å². The Morgan fingerprint density at radius 1 is 1.50 bits per heavy atom. The van der Waals surface area contributed by atoms with Crippen LogP contribution in [0.4, 0.5) is 11.4 Å². The summed E-state index contributed by atoms with van der Waals surface area (Å²) in [4.78, 5) is 0. The second-order valence-corrected chi connectivity index (χ2v) is 4.71. The molecule has 0 atom stereocenters. The van der Waals surface area contributed by atoms with Crippen LogP contribution in [0, 0.1) is 0 Å². The van der Waals surface area contributed by atoms with Gasteiger partial charge in [-0.1, -0.05) is 15.9 Å². The molecule has 0 aromatic heterocycles. The first-order valence-corrected chi connectivity index (χ1v) is 5.39. The maximum Gasteiger partial charge on any atom is 0.0661 e. The zero-order valence-electron chi connectivity index (χ0n) is 7.76. The minimum atomic E-state index is -0.116. The van der Waals surface area contributed by atoms with E-state index in [0.717, 1.165) is 23.0 Å². The van der Waals surface area contributed by atoms with Crippen LogP contribution in [0.25, 0.3) is 0 Å². The molecule has 0 bridgehead atoms. The molecule has 3 nitrogen and oxygen atoms in total. The van der Waals surface area contributed by atoms with Crippen molar-refractivity contribution in [1.29, 1.82) is 0 Å². The van der Waals surface area contributed by atoms with E-state index in [-0.39, 0.29) is 12.1 Å². The molecule has 0 unspecified atom stereocenters. The first-order chi connectivity index (χ1) is 6.65. The summed E-state index contributed by atoms with van der Waals surface area (Å²) < 4.78 is 0.989. The Labute approximate surface area is 91.4 Å². The second kappa shape index (κ2) is 3.44. The SMILES string of the molecule is Nc1ccc(Br)cc1NC1(CO)CC1. The molecule has 1 aliphatic carbocycles. The molecule has 4 heteroatoms. The quantitative estimate of drug-likeness (QED) is 0.725. The third kappa shape index (κ3) is 1.86. The Morgan fingerprint density at radius 3 is 2.79 bits per heavy atom. The van der Waals surface area contributed by atoms with Gasteiger partial charge in [0.2, 0.25) is 0 Å². The van der Waals surface area contributed by atoms with Gasteiger partial charge in [-0.2, -0.15) is 0 Å². The Morgan fingerprint density at radius 2 is 2.21 bits per heavy atom. The molecule has 0 spiro atoms. The van der Waals surface area contributed by atoms with E-state index in [2.05, 4.69) is 21.2 Å². The van der Waals surface area contributed by atoms with Crippen molar-refractivity contribution < 1.29 is 5.11 Å². The fourth-order valence-corrected chi connectivity index (χ4v) is 1.76. The third-order valence-electron chi connectivity index (χ3n) is 2.57. The molecule has 0 saturated heterocycles. The summed E-state index contributed by atoms with van der Waals surface area (Å²) in [7, 11) is 0. The number of nitrogen functional groups attached to an aromatic ring is 1. The van der Waals surface area contributed by atoms with Crippen molar-refractivity contribution in [3.63, 3.8) is 0 Å². The number of hydrogen-bond acceptors (Lipinski definition) is 3. The van der Waals surface area contributed by atoms with Crippen LogP contribution >= 0.6 is 15.9 Å². The van der Waals surface area contributed by atoms with Crippen LogP contribution in [0.15, 0.2) is 22.7 Å². The molecule has 0 heterocycles. The normalized spacial score (nSPS) is 17.9. The van der Waals surface area contributed by atoms with Gasteiger partial charge in [-0.25, -0.2) is 0 Å². The van der Waals surface area contributed by atoms with Crippen molar-refractivity contribution >= 4 is 27.3 Å². The first-order valence-electron chi connectivity index (χ1n) is 4.59. The number of aliphatic hydroxyl groups excluding tert-OH is 1. The lowest BCUT2D eigenvalue weighted by molar-refractivity contribution is 0.266. The molecule has 4 N–H and O–H groups in total. The van der Waals surface area contributed by atoms with Gasteiger partial charge in [-0.05, 0) is 31.0 Å². The third-order valence-corrected chi connectivity index (χ3v) is 3.06. The monoisotopic (exact) mass is 256 g/mol. The molecule has 1 fully saturated rings. The Hall–Kier alpha value is -0.740. The fraction of sp³-hybridized carbons (Fsp3) is 0.400. The van der Waals surface area contributed by atoms with Gasteiger partial charge in [0.05, 0.1) is 23.5 Å². The van der Waals surface area contributed by atoms with Crippen molar-refractivity contribution in [3.8, 4) is 0 Å². The van der Waals surface area contributed by atoms with Gasteiger partial charge >= 0.3 is 0 Å². The predicted molar refractivity (Wildman–Crippen MR) is 61.2 cm³/mol. The molecular formula is C10H13BrN2O. The average molecular weight is 257 g/mol. The minimum Gasteiger partial charge on any atom is -0.397 e. The standard InChI is InChI=1S/C10H13BrN2O/c11-7-1-2-8(12)9(5-7)13-10(6-14)3-4-10/h1-2,5,13-14H,3-4,6,12H2. The van der Waals surface area contributed by atoms with Gasteiger partial charge in [-0.15, -0.1) is 0 Å². The zero-order chi connectivity index (χ0) is 10.2. The van der Waals surface area contributed by atoms with Crippen molar-refractivity contribution in [3.05, 3.63) is 22.7 Å². The summed E-state index contributed by atoms with van der Waals surface area (Å²) in [6, 6.07) is 5.68. The highest BCUT2D eigenvalue weighted by molar-refractivity contribution is 9.10. The molecule has 1 aliphatic rings. The minimum absolute atomic E-state index is 0.116. The largest absolute Gasteiger partial charge is 0.397 e. The Bertz CT molecular complexity index is 350. The van der Waals surface area contributed by atoms with Gasteiger partial charge in [0, 0.05) is 4.47 Å². The number of nitrogens with two attached hydrogens (primary N) is 1. The maximum atomic E-state index is 9.16. The average Bonchev–Trinajstić information content (AvgIpc) is 2.92. The maximum absolute atomic E-state index is 9.16. The lowest BCUT2D eigenvalue weighted by Gasteiger charge is -2.17. The van der Waals surface area contributed by atoms with Crippen LogP contribution in [-0.4, -0.2) is 17.3 Å².